The number of dihydropyridines is 1. The molecule has 0 fully saturated rings. The molecule has 0 aromatic heterocycles. The lowest BCUT2D eigenvalue weighted by molar-refractivity contribution is 1.02. The molecule has 0 spiro atoms. The second-order valence-corrected chi connectivity index (χ2v) is 3.50. The molecule has 0 bridgehead atoms. The highest BCUT2D eigenvalue weighted by molar-refractivity contribution is 7.81. The molecule has 0 atom stereocenters. The maximum absolute atomic E-state index is 5.26. The van der Waals surface area contributed by atoms with E-state index in [9.17, 15) is 0 Å². The van der Waals surface area contributed by atoms with Gasteiger partial charge in [-0.15, -0.1) is 0 Å². The Labute approximate surface area is 94.7 Å². The number of hydrogen-bond donors (Lipinski definition) is 2. The topological polar surface area (TPSA) is 24.1 Å². The Kier molecular flexibility index (Phi) is 3.15. The maximum Gasteiger partial charge on any atom is 0.140 e. The van der Waals surface area contributed by atoms with Crippen LogP contribution in [0.25, 0.3) is 0 Å². The maximum atomic E-state index is 5.26. The second-order valence-electron chi connectivity index (χ2n) is 3.10. The Balaban J connectivity index is 1.98. The van der Waals surface area contributed by atoms with Crippen LogP contribution in [-0.2, 0) is 0 Å². The number of allylic oxidation sites excluding steroid dienone is 2. The van der Waals surface area contributed by atoms with E-state index in [0.29, 0.717) is 4.99 Å². The predicted octanol–water partition coefficient (Wildman–Crippen LogP) is 2.63. The molecule has 1 radical (unpaired) electrons. The van der Waals surface area contributed by atoms with Crippen LogP contribution in [0.5, 0.6) is 0 Å². The van der Waals surface area contributed by atoms with E-state index in [1.165, 1.54) is 0 Å². The Morgan fingerprint density at radius 1 is 1.13 bits per heavy atom. The minimum absolute atomic E-state index is 0.696. The molecular weight excluding hydrogens is 204 g/mol. The third-order valence-electron chi connectivity index (χ3n) is 1.99. The fraction of sp³-hybridized carbons (Fsp3) is 0. The molecule has 1 aliphatic rings. The van der Waals surface area contributed by atoms with E-state index in [2.05, 4.69) is 10.6 Å². The number of rotatable bonds is 2. The lowest BCUT2D eigenvalue weighted by Gasteiger charge is -2.16. The standard InChI is InChI=1S/C12H11N2S/c15-12(11-8-4-5-9-13-11)14-10-6-2-1-3-7-10/h1-9,13H,(H,14,15). The molecule has 1 heterocycles. The van der Waals surface area contributed by atoms with E-state index >= 15 is 0 Å². The predicted molar refractivity (Wildman–Crippen MR) is 67.3 cm³/mol. The number of nitrogens with one attached hydrogen (secondary N) is 2. The lowest BCUT2D eigenvalue weighted by atomic mass is 10.2. The molecule has 0 amide bonds. The van der Waals surface area contributed by atoms with Gasteiger partial charge in [-0.2, -0.15) is 0 Å². The minimum atomic E-state index is 0.696. The molecule has 2 nitrogen and oxygen atoms in total. The highest BCUT2D eigenvalue weighted by Gasteiger charge is 2.11. The molecule has 0 aliphatic carbocycles. The van der Waals surface area contributed by atoms with Crippen LogP contribution in [0.15, 0.2) is 54.8 Å². The zero-order valence-corrected chi connectivity index (χ0v) is 8.92. The van der Waals surface area contributed by atoms with Gasteiger partial charge in [-0.05, 0) is 30.5 Å². The minimum Gasteiger partial charge on any atom is -0.374 e. The first-order valence-electron chi connectivity index (χ1n) is 4.69. The lowest BCUT2D eigenvalue weighted by Crippen LogP contribution is -2.27. The summed E-state index contributed by atoms with van der Waals surface area (Å²) in [5.74, 6) is 0. The van der Waals surface area contributed by atoms with E-state index in [4.69, 9.17) is 12.2 Å². The van der Waals surface area contributed by atoms with E-state index in [1.54, 1.807) is 0 Å². The van der Waals surface area contributed by atoms with Crippen molar-refractivity contribution in [2.45, 2.75) is 0 Å². The van der Waals surface area contributed by atoms with Crippen LogP contribution in [0.2, 0.25) is 0 Å². The summed E-state index contributed by atoms with van der Waals surface area (Å²) in [5, 5.41) is 6.24. The summed E-state index contributed by atoms with van der Waals surface area (Å²) in [4.78, 5) is 0.696. The van der Waals surface area contributed by atoms with Crippen LogP contribution in [0, 0.1) is 6.04 Å². The van der Waals surface area contributed by atoms with Gasteiger partial charge in [0.2, 0.25) is 0 Å². The summed E-state index contributed by atoms with van der Waals surface area (Å²) in [6, 6.07) is 10.8. The summed E-state index contributed by atoms with van der Waals surface area (Å²) >= 11 is 5.26. The van der Waals surface area contributed by atoms with Gasteiger partial charge >= 0.3 is 0 Å². The molecular formula is C12H11N2S. The normalized spacial score (nSPS) is 14.7. The summed E-state index contributed by atoms with van der Waals surface area (Å²) in [5.41, 5.74) is 1.000. The van der Waals surface area contributed by atoms with Gasteiger partial charge in [-0.3, -0.25) is 0 Å². The first kappa shape index (κ1) is 9.93. The molecule has 1 aliphatic heterocycles. The number of hydrogen-bond acceptors (Lipinski definition) is 2. The third-order valence-corrected chi connectivity index (χ3v) is 2.31. The quantitative estimate of drug-likeness (QED) is 0.742. The number of thiocarbonyl (C=S) groups is 1. The van der Waals surface area contributed by atoms with Gasteiger partial charge in [0.25, 0.3) is 0 Å². The average Bonchev–Trinajstić information content (AvgIpc) is 2.31. The Morgan fingerprint density at radius 2 is 1.93 bits per heavy atom. The van der Waals surface area contributed by atoms with Crippen molar-refractivity contribution in [2.75, 3.05) is 5.32 Å². The Hall–Kier alpha value is -1.61. The second kappa shape index (κ2) is 4.75. The molecule has 3 heteroatoms. The van der Waals surface area contributed by atoms with Crippen LogP contribution in [0.3, 0.4) is 0 Å². The van der Waals surface area contributed by atoms with Crippen molar-refractivity contribution in [1.82, 2.24) is 5.32 Å². The highest BCUT2D eigenvalue weighted by atomic mass is 32.1. The molecule has 1 aromatic carbocycles. The molecule has 2 N–H and O–H groups in total. The molecule has 0 unspecified atom stereocenters. The third kappa shape index (κ3) is 2.67. The Bertz CT molecular complexity index is 395. The smallest absolute Gasteiger partial charge is 0.140 e. The SMILES string of the molecule is S=C(Nc1ccccc1)[C]1C=CC=CN1. The van der Waals surface area contributed by atoms with Gasteiger partial charge in [0, 0.05) is 5.69 Å². The van der Waals surface area contributed by atoms with Gasteiger partial charge in [0.15, 0.2) is 0 Å². The molecule has 75 valence electrons. The van der Waals surface area contributed by atoms with Gasteiger partial charge in [0.1, 0.15) is 11.0 Å². The van der Waals surface area contributed by atoms with Gasteiger partial charge in [-0.25, -0.2) is 0 Å². The van der Waals surface area contributed by atoms with Crippen molar-refractivity contribution in [3.8, 4) is 0 Å². The molecule has 0 saturated heterocycles. The first-order chi connectivity index (χ1) is 7.36. The van der Waals surface area contributed by atoms with Crippen LogP contribution in [0.1, 0.15) is 0 Å². The Morgan fingerprint density at radius 3 is 2.60 bits per heavy atom. The van der Waals surface area contributed by atoms with Crippen LogP contribution >= 0.6 is 12.2 Å². The number of anilines is 1. The van der Waals surface area contributed by atoms with Crippen LogP contribution in [0.4, 0.5) is 5.69 Å². The van der Waals surface area contributed by atoms with E-state index in [0.717, 1.165) is 11.7 Å². The summed E-state index contributed by atoms with van der Waals surface area (Å²) in [7, 11) is 0. The van der Waals surface area contributed by atoms with Crippen LogP contribution in [-0.4, -0.2) is 4.99 Å². The van der Waals surface area contributed by atoms with E-state index in [-0.39, 0.29) is 0 Å². The van der Waals surface area contributed by atoms with Crippen molar-refractivity contribution >= 4 is 22.9 Å². The van der Waals surface area contributed by atoms with Gasteiger partial charge in [0.05, 0.1) is 0 Å². The zero-order chi connectivity index (χ0) is 10.5. The van der Waals surface area contributed by atoms with E-state index < -0.39 is 0 Å². The van der Waals surface area contributed by atoms with Crippen molar-refractivity contribution < 1.29 is 0 Å². The fourth-order valence-electron chi connectivity index (χ4n) is 1.25. The van der Waals surface area contributed by atoms with Crippen LogP contribution < -0.4 is 10.6 Å². The summed E-state index contributed by atoms with van der Waals surface area (Å²) in [6.45, 7) is 0. The summed E-state index contributed by atoms with van der Waals surface area (Å²) in [6.07, 6.45) is 7.67. The number of benzene rings is 1. The summed E-state index contributed by atoms with van der Waals surface area (Å²) < 4.78 is 0. The molecule has 0 saturated carbocycles. The molecule has 1 aromatic rings. The average molecular weight is 215 g/mol. The fourth-order valence-corrected chi connectivity index (χ4v) is 1.50. The monoisotopic (exact) mass is 215 g/mol. The molecule has 2 rings (SSSR count). The largest absolute Gasteiger partial charge is 0.374 e. The van der Waals surface area contributed by atoms with Crippen molar-refractivity contribution in [3.63, 3.8) is 0 Å². The zero-order valence-electron chi connectivity index (χ0n) is 8.10. The van der Waals surface area contributed by atoms with Crippen molar-refractivity contribution in [3.05, 3.63) is 60.8 Å². The highest BCUT2D eigenvalue weighted by Crippen LogP contribution is 2.11. The van der Waals surface area contributed by atoms with E-state index in [1.807, 2.05) is 54.8 Å². The molecule has 15 heavy (non-hydrogen) atoms. The number of para-hydroxylation sites is 1. The van der Waals surface area contributed by atoms with Crippen molar-refractivity contribution in [1.29, 1.82) is 0 Å². The van der Waals surface area contributed by atoms with Crippen molar-refractivity contribution in [2.24, 2.45) is 0 Å². The van der Waals surface area contributed by atoms with Gasteiger partial charge < -0.3 is 10.6 Å². The first-order valence-corrected chi connectivity index (χ1v) is 5.10. The van der Waals surface area contributed by atoms with Gasteiger partial charge in [-0.1, -0.05) is 36.5 Å².